The van der Waals surface area contributed by atoms with E-state index in [0.29, 0.717) is 12.3 Å². The summed E-state index contributed by atoms with van der Waals surface area (Å²) >= 11 is 0. The van der Waals surface area contributed by atoms with Gasteiger partial charge < -0.3 is 10.1 Å². The van der Waals surface area contributed by atoms with E-state index in [9.17, 15) is 4.79 Å². The average molecular weight is 205 g/mol. The lowest BCUT2D eigenvalue weighted by molar-refractivity contribution is -0.107. The zero-order chi connectivity index (χ0) is 11.3. The van der Waals surface area contributed by atoms with E-state index in [4.69, 9.17) is 0 Å². The van der Waals surface area contributed by atoms with Crippen LogP contribution in [-0.4, -0.2) is 13.3 Å². The second-order valence-electron chi connectivity index (χ2n) is 4.03. The first-order chi connectivity index (χ1) is 7.19. The van der Waals surface area contributed by atoms with E-state index in [1.807, 2.05) is 7.05 Å². The fraction of sp³-hybridized carbons (Fsp3) is 0.462. The fourth-order valence-electron chi connectivity index (χ4n) is 1.64. The Morgan fingerprint density at radius 2 is 2.13 bits per heavy atom. The lowest BCUT2D eigenvalue weighted by atomic mass is 9.97. The molecule has 0 aromatic heterocycles. The molecule has 0 amide bonds. The van der Waals surface area contributed by atoms with Gasteiger partial charge in [0.1, 0.15) is 6.29 Å². The van der Waals surface area contributed by atoms with Crippen LogP contribution in [0, 0.1) is 0 Å². The van der Waals surface area contributed by atoms with Crippen molar-refractivity contribution in [3.63, 3.8) is 0 Å². The second-order valence-corrected chi connectivity index (χ2v) is 4.03. The Bertz CT molecular complexity index is 331. The summed E-state index contributed by atoms with van der Waals surface area (Å²) in [6.07, 6.45) is 2.39. The zero-order valence-corrected chi connectivity index (χ0v) is 9.71. The molecule has 0 aliphatic carbocycles. The van der Waals surface area contributed by atoms with Crippen LogP contribution >= 0.6 is 0 Å². The maximum absolute atomic E-state index is 10.4. The third kappa shape index (κ3) is 3.08. The highest BCUT2D eigenvalue weighted by Gasteiger charge is 2.05. The Hall–Kier alpha value is -1.31. The molecule has 0 bridgehead atoms. The number of hydrogen-bond donors (Lipinski definition) is 1. The summed E-state index contributed by atoms with van der Waals surface area (Å²) < 4.78 is 0. The average Bonchev–Trinajstić information content (AvgIpc) is 2.25. The van der Waals surface area contributed by atoms with Crippen LogP contribution in [0.3, 0.4) is 0 Å². The van der Waals surface area contributed by atoms with Crippen molar-refractivity contribution >= 4 is 12.0 Å². The van der Waals surface area contributed by atoms with Crippen LogP contribution in [0.2, 0.25) is 0 Å². The van der Waals surface area contributed by atoms with Gasteiger partial charge in [0.05, 0.1) is 0 Å². The number of benzene rings is 1. The van der Waals surface area contributed by atoms with Crippen LogP contribution in [0.1, 0.15) is 37.3 Å². The number of rotatable bonds is 5. The molecule has 2 heteroatoms. The Morgan fingerprint density at radius 1 is 1.40 bits per heavy atom. The summed E-state index contributed by atoms with van der Waals surface area (Å²) in [5.41, 5.74) is 3.69. The van der Waals surface area contributed by atoms with Crippen molar-refractivity contribution in [3.8, 4) is 0 Å². The zero-order valence-electron chi connectivity index (χ0n) is 9.71. The van der Waals surface area contributed by atoms with Gasteiger partial charge in [-0.05, 0) is 29.5 Å². The summed E-state index contributed by atoms with van der Waals surface area (Å²) in [5.74, 6) is 0.533. The normalized spacial score (nSPS) is 10.4. The maximum atomic E-state index is 10.4. The van der Waals surface area contributed by atoms with E-state index in [2.05, 4.69) is 37.4 Å². The van der Waals surface area contributed by atoms with Gasteiger partial charge in [-0.1, -0.05) is 26.0 Å². The molecular formula is C13H19NO. The Labute approximate surface area is 91.7 Å². The van der Waals surface area contributed by atoms with Crippen LogP contribution in [0.15, 0.2) is 18.2 Å². The number of nitrogens with one attached hydrogen (secondary N) is 1. The Kier molecular flexibility index (Phi) is 4.35. The predicted molar refractivity (Wildman–Crippen MR) is 64.5 cm³/mol. The van der Waals surface area contributed by atoms with Gasteiger partial charge in [0.2, 0.25) is 0 Å². The lowest BCUT2D eigenvalue weighted by Crippen LogP contribution is -1.98. The van der Waals surface area contributed by atoms with Gasteiger partial charge >= 0.3 is 0 Å². The molecule has 0 fully saturated rings. The van der Waals surface area contributed by atoms with Crippen molar-refractivity contribution < 1.29 is 4.79 Å². The van der Waals surface area contributed by atoms with E-state index in [1.54, 1.807) is 0 Å². The van der Waals surface area contributed by atoms with Crippen LogP contribution in [-0.2, 0) is 11.2 Å². The molecule has 15 heavy (non-hydrogen) atoms. The lowest BCUT2D eigenvalue weighted by Gasteiger charge is -2.12. The van der Waals surface area contributed by atoms with E-state index in [-0.39, 0.29) is 0 Å². The SMILES string of the molecule is CNc1ccc(C(C)C)cc1CCC=O. The molecule has 1 N–H and O–H groups in total. The molecule has 1 rings (SSSR count). The minimum atomic E-state index is 0.533. The van der Waals surface area contributed by atoms with Crippen LogP contribution in [0.25, 0.3) is 0 Å². The number of anilines is 1. The number of carbonyl (C=O) groups is 1. The van der Waals surface area contributed by atoms with E-state index in [0.717, 1.165) is 18.4 Å². The maximum Gasteiger partial charge on any atom is 0.120 e. The van der Waals surface area contributed by atoms with Gasteiger partial charge in [-0.2, -0.15) is 0 Å². The topological polar surface area (TPSA) is 29.1 Å². The van der Waals surface area contributed by atoms with Crippen molar-refractivity contribution in [2.75, 3.05) is 12.4 Å². The molecule has 0 heterocycles. The molecule has 0 atom stereocenters. The number of aryl methyl sites for hydroxylation is 1. The molecule has 1 aromatic carbocycles. The van der Waals surface area contributed by atoms with Gasteiger partial charge in [0.15, 0.2) is 0 Å². The molecule has 0 spiro atoms. The van der Waals surface area contributed by atoms with E-state index in [1.165, 1.54) is 11.1 Å². The van der Waals surface area contributed by atoms with E-state index < -0.39 is 0 Å². The predicted octanol–water partition coefficient (Wildman–Crippen LogP) is 2.98. The van der Waals surface area contributed by atoms with Gasteiger partial charge in [-0.3, -0.25) is 0 Å². The molecule has 0 unspecified atom stereocenters. The molecule has 0 aliphatic rings. The van der Waals surface area contributed by atoms with E-state index >= 15 is 0 Å². The van der Waals surface area contributed by atoms with Gasteiger partial charge in [-0.25, -0.2) is 0 Å². The molecule has 82 valence electrons. The smallest absolute Gasteiger partial charge is 0.120 e. The molecular weight excluding hydrogens is 186 g/mol. The second kappa shape index (κ2) is 5.54. The Morgan fingerprint density at radius 3 is 2.67 bits per heavy atom. The minimum Gasteiger partial charge on any atom is -0.388 e. The first-order valence-electron chi connectivity index (χ1n) is 5.43. The van der Waals surface area contributed by atoms with Crippen LogP contribution in [0.4, 0.5) is 5.69 Å². The number of carbonyl (C=O) groups excluding carboxylic acids is 1. The fourth-order valence-corrected chi connectivity index (χ4v) is 1.64. The first-order valence-corrected chi connectivity index (χ1v) is 5.43. The summed E-state index contributed by atoms with van der Waals surface area (Å²) in [4.78, 5) is 10.4. The molecule has 0 saturated carbocycles. The largest absolute Gasteiger partial charge is 0.388 e. The molecule has 0 aliphatic heterocycles. The van der Waals surface area contributed by atoms with Crippen molar-refractivity contribution in [1.29, 1.82) is 0 Å². The van der Waals surface area contributed by atoms with Crippen molar-refractivity contribution in [1.82, 2.24) is 0 Å². The Balaban J connectivity index is 2.96. The number of aldehydes is 1. The molecule has 0 radical (unpaired) electrons. The van der Waals surface area contributed by atoms with Gasteiger partial charge in [0, 0.05) is 19.2 Å². The van der Waals surface area contributed by atoms with Crippen LogP contribution < -0.4 is 5.32 Å². The third-order valence-corrected chi connectivity index (χ3v) is 2.60. The first kappa shape index (κ1) is 11.8. The summed E-state index contributed by atoms with van der Waals surface area (Å²) in [7, 11) is 1.91. The molecule has 2 nitrogen and oxygen atoms in total. The summed E-state index contributed by atoms with van der Waals surface area (Å²) in [6.45, 7) is 4.36. The quantitative estimate of drug-likeness (QED) is 0.749. The standard InChI is InChI=1S/C13H19NO/c1-10(2)11-6-7-13(14-3)12(9-11)5-4-8-15/h6-10,14H,4-5H2,1-3H3. The highest BCUT2D eigenvalue weighted by molar-refractivity contribution is 5.56. The van der Waals surface area contributed by atoms with Crippen molar-refractivity contribution in [2.24, 2.45) is 0 Å². The molecule has 1 aromatic rings. The van der Waals surface area contributed by atoms with Gasteiger partial charge in [-0.15, -0.1) is 0 Å². The molecule has 0 saturated heterocycles. The third-order valence-electron chi connectivity index (χ3n) is 2.60. The number of hydrogen-bond acceptors (Lipinski definition) is 2. The summed E-state index contributed by atoms with van der Waals surface area (Å²) in [6, 6.07) is 6.43. The van der Waals surface area contributed by atoms with Gasteiger partial charge in [0.25, 0.3) is 0 Å². The highest BCUT2D eigenvalue weighted by Crippen LogP contribution is 2.23. The van der Waals surface area contributed by atoms with Crippen molar-refractivity contribution in [2.45, 2.75) is 32.6 Å². The monoisotopic (exact) mass is 205 g/mol. The highest BCUT2D eigenvalue weighted by atomic mass is 16.1. The minimum absolute atomic E-state index is 0.533. The van der Waals surface area contributed by atoms with Crippen LogP contribution in [0.5, 0.6) is 0 Å². The summed E-state index contributed by atoms with van der Waals surface area (Å²) in [5, 5.41) is 3.15. The van der Waals surface area contributed by atoms with Crippen molar-refractivity contribution in [3.05, 3.63) is 29.3 Å².